The summed E-state index contributed by atoms with van der Waals surface area (Å²) in [7, 11) is 0. The zero-order chi connectivity index (χ0) is 15.0. The molecule has 2 aliphatic heterocycles. The van der Waals surface area contributed by atoms with E-state index in [0.29, 0.717) is 18.1 Å². The van der Waals surface area contributed by atoms with E-state index in [2.05, 4.69) is 0 Å². The van der Waals surface area contributed by atoms with Crippen molar-refractivity contribution >= 4 is 17.5 Å². The molecule has 3 rings (SSSR count). The van der Waals surface area contributed by atoms with Gasteiger partial charge in [-0.15, -0.1) is 0 Å². The molecule has 6 heteroatoms. The molecule has 0 spiro atoms. The molecule has 0 unspecified atom stereocenters. The molecule has 0 radical (unpaired) electrons. The van der Waals surface area contributed by atoms with Crippen LogP contribution in [0.25, 0.3) is 0 Å². The summed E-state index contributed by atoms with van der Waals surface area (Å²) in [5.74, 6) is -3.38. The Bertz CT molecular complexity index is 535. The van der Waals surface area contributed by atoms with Gasteiger partial charge in [0.05, 0.1) is 18.6 Å². The minimum atomic E-state index is -2.76. The van der Waals surface area contributed by atoms with E-state index in [0.717, 1.165) is 5.56 Å². The van der Waals surface area contributed by atoms with E-state index in [9.17, 15) is 13.6 Å². The van der Waals surface area contributed by atoms with Gasteiger partial charge in [0.25, 0.3) is 5.92 Å². The number of hydrogen-bond donors (Lipinski definition) is 0. The number of nitrogens with zero attached hydrogens (tertiary/aromatic N) is 1. The summed E-state index contributed by atoms with van der Waals surface area (Å²) in [6.07, 6.45) is -0.0597. The molecule has 0 aromatic heterocycles. The number of likely N-dealkylation sites (tertiary alicyclic amines) is 1. The second-order valence-electron chi connectivity index (χ2n) is 5.60. The smallest absolute Gasteiger partial charge is 0.267 e. The molecule has 2 aliphatic rings. The summed E-state index contributed by atoms with van der Waals surface area (Å²) < 4.78 is 32.2. The molecule has 0 N–H and O–H groups in total. The first-order chi connectivity index (χ1) is 9.96. The highest BCUT2D eigenvalue weighted by Gasteiger charge is 2.44. The zero-order valence-electron chi connectivity index (χ0n) is 11.4. The highest BCUT2D eigenvalue weighted by molar-refractivity contribution is 6.30. The minimum Gasteiger partial charge on any atom is -0.373 e. The fourth-order valence-electron chi connectivity index (χ4n) is 2.98. The first-order valence-corrected chi connectivity index (χ1v) is 7.38. The van der Waals surface area contributed by atoms with Crippen LogP contribution in [0, 0.1) is 5.92 Å². The normalized spacial score (nSPS) is 28.0. The molecule has 1 aromatic rings. The van der Waals surface area contributed by atoms with Crippen molar-refractivity contribution in [2.45, 2.75) is 24.9 Å². The third-order valence-electron chi connectivity index (χ3n) is 4.09. The highest BCUT2D eigenvalue weighted by atomic mass is 35.5. The average Bonchev–Trinajstić information content (AvgIpc) is 3.05. The maximum Gasteiger partial charge on any atom is 0.267 e. The summed E-state index contributed by atoms with van der Waals surface area (Å²) in [6.45, 7) is 0.110. The topological polar surface area (TPSA) is 29.5 Å². The second kappa shape index (κ2) is 5.54. The fourth-order valence-corrected chi connectivity index (χ4v) is 3.11. The summed E-state index contributed by atoms with van der Waals surface area (Å²) in [5, 5.41) is 0.610. The van der Waals surface area contributed by atoms with Crippen LogP contribution in [0.1, 0.15) is 24.5 Å². The van der Waals surface area contributed by atoms with Gasteiger partial charge in [0.2, 0.25) is 5.91 Å². The second-order valence-corrected chi connectivity index (χ2v) is 6.04. The van der Waals surface area contributed by atoms with Gasteiger partial charge in [0, 0.05) is 24.6 Å². The first kappa shape index (κ1) is 14.7. The van der Waals surface area contributed by atoms with Crippen LogP contribution >= 0.6 is 11.6 Å². The Labute approximate surface area is 126 Å². The van der Waals surface area contributed by atoms with Crippen LogP contribution in [-0.4, -0.2) is 36.4 Å². The van der Waals surface area contributed by atoms with E-state index < -0.39 is 12.5 Å². The standard InChI is InChI=1S/C15H16ClF2NO2/c16-11-3-1-10(2-4-11)13-12(5-8-21-13)14(20)19-7-6-15(17,18)9-19/h1-4,12-13H,5-9H2/t12-,13+/m1/s1. The number of alkyl halides is 2. The van der Waals surface area contributed by atoms with E-state index in [1.54, 1.807) is 12.1 Å². The SMILES string of the molecule is O=C([C@@H]1CCO[C@H]1c1ccc(Cl)cc1)N1CCC(F)(F)C1. The molecular weight excluding hydrogens is 300 g/mol. The molecule has 0 saturated carbocycles. The van der Waals surface area contributed by atoms with Gasteiger partial charge in [0.15, 0.2) is 0 Å². The van der Waals surface area contributed by atoms with Gasteiger partial charge in [-0.1, -0.05) is 23.7 Å². The first-order valence-electron chi connectivity index (χ1n) is 7.00. The van der Waals surface area contributed by atoms with E-state index in [1.807, 2.05) is 12.1 Å². The Morgan fingerprint density at radius 3 is 2.67 bits per heavy atom. The van der Waals surface area contributed by atoms with Crippen LogP contribution in [0.3, 0.4) is 0 Å². The number of ether oxygens (including phenoxy) is 1. The van der Waals surface area contributed by atoms with Crippen molar-refractivity contribution in [2.24, 2.45) is 5.92 Å². The lowest BCUT2D eigenvalue weighted by Gasteiger charge is -2.24. The number of carbonyl (C=O) groups is 1. The van der Waals surface area contributed by atoms with Gasteiger partial charge in [0.1, 0.15) is 0 Å². The van der Waals surface area contributed by atoms with Gasteiger partial charge in [-0.05, 0) is 24.1 Å². The quantitative estimate of drug-likeness (QED) is 0.838. The summed E-state index contributed by atoms with van der Waals surface area (Å²) >= 11 is 5.85. The molecule has 2 heterocycles. The van der Waals surface area contributed by atoms with Crippen LogP contribution in [0.5, 0.6) is 0 Å². The van der Waals surface area contributed by atoms with Gasteiger partial charge in [-0.3, -0.25) is 4.79 Å². The molecule has 21 heavy (non-hydrogen) atoms. The zero-order valence-corrected chi connectivity index (χ0v) is 12.2. The number of halogens is 3. The van der Waals surface area contributed by atoms with Crippen molar-refractivity contribution in [3.63, 3.8) is 0 Å². The lowest BCUT2D eigenvalue weighted by atomic mass is 9.94. The summed E-state index contributed by atoms with van der Waals surface area (Å²) in [4.78, 5) is 13.7. The van der Waals surface area contributed by atoms with Crippen LogP contribution in [0.2, 0.25) is 5.02 Å². The molecule has 114 valence electrons. The molecule has 2 fully saturated rings. The van der Waals surface area contributed by atoms with Gasteiger partial charge < -0.3 is 9.64 Å². The largest absolute Gasteiger partial charge is 0.373 e. The van der Waals surface area contributed by atoms with Gasteiger partial charge >= 0.3 is 0 Å². The molecular formula is C15H16ClF2NO2. The number of amides is 1. The number of hydrogen-bond acceptors (Lipinski definition) is 2. The predicted molar refractivity (Wildman–Crippen MR) is 74.4 cm³/mol. The lowest BCUT2D eigenvalue weighted by molar-refractivity contribution is -0.137. The van der Waals surface area contributed by atoms with Crippen molar-refractivity contribution in [2.75, 3.05) is 19.7 Å². The van der Waals surface area contributed by atoms with Gasteiger partial charge in [-0.25, -0.2) is 8.78 Å². The maximum atomic E-state index is 13.3. The molecule has 3 nitrogen and oxygen atoms in total. The Morgan fingerprint density at radius 1 is 1.33 bits per heavy atom. The van der Waals surface area contributed by atoms with E-state index in [4.69, 9.17) is 16.3 Å². The maximum absolute atomic E-state index is 13.3. The van der Waals surface area contributed by atoms with Crippen molar-refractivity contribution in [3.05, 3.63) is 34.9 Å². The predicted octanol–water partition coefficient (Wildman–Crippen LogP) is 3.29. The summed E-state index contributed by atoms with van der Waals surface area (Å²) in [6, 6.07) is 7.11. The number of rotatable bonds is 2. The van der Waals surface area contributed by atoms with Crippen molar-refractivity contribution in [3.8, 4) is 0 Å². The molecule has 0 aliphatic carbocycles. The Kier molecular flexibility index (Phi) is 3.88. The fraction of sp³-hybridized carbons (Fsp3) is 0.533. The van der Waals surface area contributed by atoms with Gasteiger partial charge in [-0.2, -0.15) is 0 Å². The Morgan fingerprint density at radius 2 is 2.05 bits per heavy atom. The molecule has 0 bridgehead atoms. The van der Waals surface area contributed by atoms with E-state index >= 15 is 0 Å². The monoisotopic (exact) mass is 315 g/mol. The minimum absolute atomic E-state index is 0.121. The van der Waals surface area contributed by atoms with Crippen LogP contribution in [0.15, 0.2) is 24.3 Å². The van der Waals surface area contributed by atoms with Crippen LogP contribution in [0.4, 0.5) is 8.78 Å². The van der Waals surface area contributed by atoms with E-state index in [-0.39, 0.29) is 30.9 Å². The van der Waals surface area contributed by atoms with Crippen molar-refractivity contribution in [1.29, 1.82) is 0 Å². The summed E-state index contributed by atoms with van der Waals surface area (Å²) in [5.41, 5.74) is 0.862. The highest BCUT2D eigenvalue weighted by Crippen LogP contribution is 2.38. The molecule has 1 aromatic carbocycles. The Balaban J connectivity index is 1.75. The van der Waals surface area contributed by atoms with Crippen molar-refractivity contribution < 1.29 is 18.3 Å². The third-order valence-corrected chi connectivity index (χ3v) is 4.34. The average molecular weight is 316 g/mol. The van der Waals surface area contributed by atoms with E-state index in [1.165, 1.54) is 4.90 Å². The number of benzene rings is 1. The van der Waals surface area contributed by atoms with Crippen LogP contribution < -0.4 is 0 Å². The molecule has 2 atom stereocenters. The molecule has 1 amide bonds. The van der Waals surface area contributed by atoms with Crippen molar-refractivity contribution in [1.82, 2.24) is 4.90 Å². The third kappa shape index (κ3) is 3.04. The number of carbonyl (C=O) groups excluding carboxylic acids is 1. The van der Waals surface area contributed by atoms with Crippen LogP contribution in [-0.2, 0) is 9.53 Å². The Hall–Kier alpha value is -1.20. The molecule has 2 saturated heterocycles. The lowest BCUT2D eigenvalue weighted by Crippen LogP contribution is -2.37.